The zero-order valence-corrected chi connectivity index (χ0v) is 20.2. The molecule has 0 spiro atoms. The molecule has 5 rings (SSSR count). The van der Waals surface area contributed by atoms with Crippen LogP contribution in [0.1, 0.15) is 18.1 Å². The topological polar surface area (TPSA) is 66.4 Å². The molecule has 1 saturated heterocycles. The molecule has 7 nitrogen and oxygen atoms in total. The Kier molecular flexibility index (Phi) is 6.41. The summed E-state index contributed by atoms with van der Waals surface area (Å²) in [5.74, 6) is 1.70. The van der Waals surface area contributed by atoms with Gasteiger partial charge in [0.15, 0.2) is 5.75 Å². The summed E-state index contributed by atoms with van der Waals surface area (Å²) in [6.07, 6.45) is -4.49. The zero-order chi connectivity index (χ0) is 26.2. The molecule has 2 heterocycles. The van der Waals surface area contributed by atoms with Crippen LogP contribution < -0.4 is 14.8 Å². The van der Waals surface area contributed by atoms with E-state index in [0.29, 0.717) is 53.9 Å². The molecule has 0 bridgehead atoms. The number of carbonyl (C=O) groups excluding carboxylic acids is 1. The quantitative estimate of drug-likeness (QED) is 0.450. The molecule has 2 amide bonds. The summed E-state index contributed by atoms with van der Waals surface area (Å²) in [4.78, 5) is 21.5. The lowest BCUT2D eigenvalue weighted by atomic mass is 10.1. The Morgan fingerprint density at radius 3 is 2.62 bits per heavy atom. The van der Waals surface area contributed by atoms with Gasteiger partial charge in [0, 0.05) is 37.4 Å². The molecule has 37 heavy (non-hydrogen) atoms. The number of para-hydroxylation sites is 1. The summed E-state index contributed by atoms with van der Waals surface area (Å²) >= 11 is 0. The molecule has 1 N–H and O–H groups in total. The van der Waals surface area contributed by atoms with Gasteiger partial charge in [-0.2, -0.15) is 13.2 Å². The predicted molar refractivity (Wildman–Crippen MR) is 134 cm³/mol. The lowest BCUT2D eigenvalue weighted by Gasteiger charge is -2.41. The summed E-state index contributed by atoms with van der Waals surface area (Å²) in [5.41, 5.74) is 0.818. The number of piperazine rings is 1. The van der Waals surface area contributed by atoms with Gasteiger partial charge in [-0.15, -0.1) is 0 Å². The molecule has 2 aliphatic rings. The van der Waals surface area contributed by atoms with Crippen molar-refractivity contribution in [1.82, 2.24) is 9.80 Å². The number of hydrogen-bond donors (Lipinski definition) is 1. The number of methoxy groups -OCH3 is 1. The summed E-state index contributed by atoms with van der Waals surface area (Å²) in [7, 11) is 1.56. The fraction of sp³-hybridized carbons (Fsp3) is 0.259. The van der Waals surface area contributed by atoms with Crippen LogP contribution in [0.2, 0.25) is 0 Å². The minimum absolute atomic E-state index is 0.0432. The van der Waals surface area contributed by atoms with Crippen LogP contribution in [0, 0.1) is 0 Å². The highest BCUT2D eigenvalue weighted by atomic mass is 19.4. The summed E-state index contributed by atoms with van der Waals surface area (Å²) in [6, 6.07) is 17.2. The van der Waals surface area contributed by atoms with E-state index in [1.54, 1.807) is 48.4 Å². The number of rotatable bonds is 2. The first kappa shape index (κ1) is 24.5. The fourth-order valence-corrected chi connectivity index (χ4v) is 4.49. The number of urea groups is 1. The third-order valence-corrected chi connectivity index (χ3v) is 6.37. The minimum atomic E-state index is -4.49. The third kappa shape index (κ3) is 5.04. The number of carbonyl (C=O) groups is 1. The first-order valence-electron chi connectivity index (χ1n) is 11.8. The first-order chi connectivity index (χ1) is 17.7. The van der Waals surface area contributed by atoms with Gasteiger partial charge in [0.1, 0.15) is 23.0 Å². The lowest BCUT2D eigenvalue weighted by molar-refractivity contribution is -0.137. The van der Waals surface area contributed by atoms with Crippen molar-refractivity contribution in [2.45, 2.75) is 19.1 Å². The number of aliphatic imine (C=N–C) groups is 1. The Balaban J connectivity index is 1.39. The second-order valence-corrected chi connectivity index (χ2v) is 8.86. The van der Waals surface area contributed by atoms with Crippen molar-refractivity contribution in [2.75, 3.05) is 32.1 Å². The zero-order valence-electron chi connectivity index (χ0n) is 20.2. The summed E-state index contributed by atoms with van der Waals surface area (Å²) < 4.78 is 51.0. The average molecular weight is 511 g/mol. The first-order valence-corrected chi connectivity index (χ1v) is 11.8. The Bertz CT molecular complexity index is 1360. The van der Waals surface area contributed by atoms with Crippen LogP contribution in [0.4, 0.5) is 29.3 Å². The van der Waals surface area contributed by atoms with E-state index in [9.17, 15) is 18.0 Å². The SMILES string of the molecule is COc1cccc(NC(=O)N2CCN(C3=Nc4ccc(C(F)(F)F)cc4Oc4ccccc43)C[C@H]2C)c1. The number of nitrogens with zero attached hydrogens (tertiary/aromatic N) is 3. The standard InChI is InChI=1S/C27H25F3N4O3/c1-17-16-33(12-13-34(17)26(35)31-19-6-5-7-20(15-19)36-2)25-21-8-3-4-9-23(21)37-24-14-18(27(28,29)30)10-11-22(24)32-25/h3-11,14-15,17H,12-13,16H2,1-2H3,(H,31,35)/t17-/m1/s1. The van der Waals surface area contributed by atoms with Crippen molar-refractivity contribution in [1.29, 1.82) is 0 Å². The van der Waals surface area contributed by atoms with Gasteiger partial charge in [0.2, 0.25) is 0 Å². The van der Waals surface area contributed by atoms with E-state index in [1.807, 2.05) is 24.0 Å². The molecule has 10 heteroatoms. The van der Waals surface area contributed by atoms with E-state index in [-0.39, 0.29) is 17.8 Å². The molecular formula is C27H25F3N4O3. The van der Waals surface area contributed by atoms with Crippen LogP contribution in [0.25, 0.3) is 0 Å². The Labute approximate surface area is 212 Å². The van der Waals surface area contributed by atoms with Gasteiger partial charge in [0.05, 0.1) is 18.2 Å². The van der Waals surface area contributed by atoms with Crippen molar-refractivity contribution in [3.63, 3.8) is 0 Å². The Morgan fingerprint density at radius 1 is 1.05 bits per heavy atom. The maximum Gasteiger partial charge on any atom is 0.416 e. The van der Waals surface area contributed by atoms with Crippen molar-refractivity contribution < 1.29 is 27.4 Å². The van der Waals surface area contributed by atoms with Crippen LogP contribution in [0.3, 0.4) is 0 Å². The third-order valence-electron chi connectivity index (χ3n) is 6.37. The number of nitrogens with one attached hydrogen (secondary N) is 1. The molecule has 2 aliphatic heterocycles. The molecule has 0 aromatic heterocycles. The van der Waals surface area contributed by atoms with Gasteiger partial charge < -0.3 is 24.6 Å². The van der Waals surface area contributed by atoms with Gasteiger partial charge in [-0.3, -0.25) is 0 Å². The highest BCUT2D eigenvalue weighted by Crippen LogP contribution is 2.42. The van der Waals surface area contributed by atoms with Gasteiger partial charge in [-0.05, 0) is 49.4 Å². The second kappa shape index (κ2) is 9.68. The van der Waals surface area contributed by atoms with Crippen LogP contribution in [0.5, 0.6) is 17.2 Å². The van der Waals surface area contributed by atoms with E-state index in [4.69, 9.17) is 14.5 Å². The van der Waals surface area contributed by atoms with E-state index >= 15 is 0 Å². The van der Waals surface area contributed by atoms with Crippen molar-refractivity contribution in [3.8, 4) is 17.2 Å². The minimum Gasteiger partial charge on any atom is -0.497 e. The number of alkyl halides is 3. The number of amidine groups is 1. The second-order valence-electron chi connectivity index (χ2n) is 8.86. The molecule has 0 unspecified atom stereocenters. The molecule has 0 radical (unpaired) electrons. The van der Waals surface area contributed by atoms with Crippen LogP contribution in [0.15, 0.2) is 71.7 Å². The van der Waals surface area contributed by atoms with Gasteiger partial charge in [-0.1, -0.05) is 18.2 Å². The van der Waals surface area contributed by atoms with E-state index in [1.165, 1.54) is 6.07 Å². The maximum atomic E-state index is 13.3. The van der Waals surface area contributed by atoms with Crippen molar-refractivity contribution >= 4 is 23.2 Å². The smallest absolute Gasteiger partial charge is 0.416 e. The molecule has 192 valence electrons. The molecule has 3 aromatic carbocycles. The van der Waals surface area contributed by atoms with Gasteiger partial charge in [0.25, 0.3) is 0 Å². The monoisotopic (exact) mass is 510 g/mol. The van der Waals surface area contributed by atoms with E-state index in [0.717, 1.165) is 12.1 Å². The number of benzene rings is 3. The van der Waals surface area contributed by atoms with Crippen molar-refractivity contribution in [3.05, 3.63) is 77.9 Å². The van der Waals surface area contributed by atoms with Crippen molar-refractivity contribution in [2.24, 2.45) is 4.99 Å². The predicted octanol–water partition coefficient (Wildman–Crippen LogP) is 6.14. The van der Waals surface area contributed by atoms with Gasteiger partial charge in [-0.25, -0.2) is 9.79 Å². The molecular weight excluding hydrogens is 485 g/mol. The number of hydrogen-bond acceptors (Lipinski definition) is 5. The van der Waals surface area contributed by atoms with Crippen LogP contribution in [-0.2, 0) is 6.18 Å². The highest BCUT2D eigenvalue weighted by Gasteiger charge is 2.34. The van der Waals surface area contributed by atoms with E-state index in [2.05, 4.69) is 5.32 Å². The van der Waals surface area contributed by atoms with Crippen LogP contribution in [-0.4, -0.2) is 54.5 Å². The number of ether oxygens (including phenoxy) is 2. The lowest BCUT2D eigenvalue weighted by Crippen LogP contribution is -2.56. The molecule has 1 atom stereocenters. The Morgan fingerprint density at radius 2 is 1.86 bits per heavy atom. The summed E-state index contributed by atoms with van der Waals surface area (Å²) in [6.45, 7) is 3.34. The van der Waals surface area contributed by atoms with Crippen LogP contribution >= 0.6 is 0 Å². The number of amides is 2. The maximum absolute atomic E-state index is 13.3. The number of anilines is 1. The molecule has 1 fully saturated rings. The molecule has 0 aliphatic carbocycles. The highest BCUT2D eigenvalue weighted by molar-refractivity contribution is 6.04. The average Bonchev–Trinajstić information content (AvgIpc) is 3.04. The Hall–Kier alpha value is -4.21. The number of fused-ring (bicyclic) bond motifs is 2. The largest absolute Gasteiger partial charge is 0.497 e. The normalized spacial score (nSPS) is 17.1. The van der Waals surface area contributed by atoms with Gasteiger partial charge >= 0.3 is 12.2 Å². The van der Waals surface area contributed by atoms with E-state index < -0.39 is 11.7 Å². The molecule has 3 aromatic rings. The number of halogens is 3. The summed E-state index contributed by atoms with van der Waals surface area (Å²) in [5, 5.41) is 2.91. The molecule has 0 saturated carbocycles. The fourth-order valence-electron chi connectivity index (χ4n) is 4.49.